The van der Waals surface area contributed by atoms with Crippen LogP contribution in [-0.2, 0) is 6.54 Å². The van der Waals surface area contributed by atoms with Crippen molar-refractivity contribution in [3.8, 4) is 0 Å². The van der Waals surface area contributed by atoms with Crippen molar-refractivity contribution < 1.29 is 9.73 Å². The van der Waals surface area contributed by atoms with Crippen LogP contribution >= 0.6 is 11.3 Å². The maximum Gasteiger partial charge on any atom is 0.336 e. The Hall–Kier alpha value is -2.69. The summed E-state index contributed by atoms with van der Waals surface area (Å²) in [6.07, 6.45) is 0. The summed E-state index contributed by atoms with van der Waals surface area (Å²) in [5, 5.41) is 5.43. The third-order valence-electron chi connectivity index (χ3n) is 5.03. The van der Waals surface area contributed by atoms with Gasteiger partial charge in [0.25, 0.3) is 0 Å². The molecule has 3 nitrogen and oxygen atoms in total. The summed E-state index contributed by atoms with van der Waals surface area (Å²) in [6.45, 7) is 4.84. The zero-order valence-electron chi connectivity index (χ0n) is 15.4. The van der Waals surface area contributed by atoms with E-state index in [0.717, 1.165) is 16.5 Å². The van der Waals surface area contributed by atoms with Crippen molar-refractivity contribution >= 4 is 22.3 Å². The van der Waals surface area contributed by atoms with Gasteiger partial charge < -0.3 is 9.73 Å². The molecule has 0 unspecified atom stereocenters. The van der Waals surface area contributed by atoms with Gasteiger partial charge in [-0.1, -0.05) is 36.4 Å². The van der Waals surface area contributed by atoms with Crippen molar-refractivity contribution in [1.82, 2.24) is 0 Å². The number of thiophene rings is 1. The molecule has 0 saturated heterocycles. The summed E-state index contributed by atoms with van der Waals surface area (Å²) in [6, 6.07) is 20.7. The van der Waals surface area contributed by atoms with Crippen LogP contribution in [0.1, 0.15) is 33.2 Å². The first-order chi connectivity index (χ1) is 13.1. The second-order valence-electron chi connectivity index (χ2n) is 6.87. The normalized spacial score (nSPS) is 12.4. The zero-order chi connectivity index (χ0) is 18.8. The van der Waals surface area contributed by atoms with Crippen molar-refractivity contribution in [2.24, 2.45) is 0 Å². The van der Waals surface area contributed by atoms with Gasteiger partial charge in [0.1, 0.15) is 18.2 Å². The summed E-state index contributed by atoms with van der Waals surface area (Å²) in [5.41, 5.74) is 4.99. The highest BCUT2D eigenvalue weighted by Crippen LogP contribution is 2.24. The minimum atomic E-state index is -0.290. The van der Waals surface area contributed by atoms with Crippen LogP contribution in [0.5, 0.6) is 0 Å². The fraction of sp³-hybridized carbons (Fsp3) is 0.174. The second kappa shape index (κ2) is 7.51. The third-order valence-corrected chi connectivity index (χ3v) is 5.98. The Labute approximate surface area is 162 Å². The van der Waals surface area contributed by atoms with E-state index < -0.39 is 0 Å². The molecular weight excluding hydrogens is 354 g/mol. The second-order valence-corrected chi connectivity index (χ2v) is 7.85. The molecule has 136 valence electrons. The Morgan fingerprint density at radius 3 is 2.52 bits per heavy atom. The van der Waals surface area contributed by atoms with Gasteiger partial charge in [-0.3, -0.25) is 0 Å². The monoisotopic (exact) mass is 376 g/mol. The van der Waals surface area contributed by atoms with Gasteiger partial charge in [0.15, 0.2) is 0 Å². The maximum atomic E-state index is 12.1. The molecule has 0 aliphatic rings. The molecule has 0 saturated carbocycles. The number of quaternary nitrogens is 1. The minimum absolute atomic E-state index is 0.208. The number of hydrogen-bond acceptors (Lipinski definition) is 3. The van der Waals surface area contributed by atoms with Gasteiger partial charge in [0, 0.05) is 22.6 Å². The Balaban J connectivity index is 1.71. The van der Waals surface area contributed by atoms with Crippen LogP contribution in [0.3, 0.4) is 0 Å². The van der Waals surface area contributed by atoms with Gasteiger partial charge in [-0.25, -0.2) is 4.79 Å². The van der Waals surface area contributed by atoms with E-state index in [0.29, 0.717) is 12.1 Å². The number of benzene rings is 2. The Kier molecular flexibility index (Phi) is 4.92. The van der Waals surface area contributed by atoms with Crippen molar-refractivity contribution in [3.05, 3.63) is 104 Å². The molecular formula is C23H22NO2S+. The quantitative estimate of drug-likeness (QED) is 0.527. The first-order valence-electron chi connectivity index (χ1n) is 9.07. The largest absolute Gasteiger partial charge is 0.423 e. The van der Waals surface area contributed by atoms with Crippen LogP contribution in [0.4, 0.5) is 0 Å². The number of hydrogen-bond donors (Lipinski definition) is 1. The molecule has 0 aliphatic carbocycles. The van der Waals surface area contributed by atoms with Crippen LogP contribution in [0.15, 0.2) is 75.3 Å². The molecule has 0 amide bonds. The number of nitrogens with two attached hydrogens (primary N) is 1. The topological polar surface area (TPSA) is 46.8 Å². The maximum absolute atomic E-state index is 12.1. The SMILES string of the molecule is Cc1cc2oc(=O)cc(C[NH2+][C@@H](c3ccccc3)c3cccs3)c2cc1C. The molecule has 4 aromatic rings. The van der Waals surface area contributed by atoms with Crippen LogP contribution in [0.2, 0.25) is 0 Å². The van der Waals surface area contributed by atoms with E-state index in [4.69, 9.17) is 4.42 Å². The van der Waals surface area contributed by atoms with Gasteiger partial charge in [0.05, 0.1) is 4.88 Å². The fourth-order valence-corrected chi connectivity index (χ4v) is 4.29. The summed E-state index contributed by atoms with van der Waals surface area (Å²) in [4.78, 5) is 13.4. The number of rotatable bonds is 5. The van der Waals surface area contributed by atoms with E-state index in [1.807, 2.05) is 19.1 Å². The molecule has 2 aromatic heterocycles. The first-order valence-corrected chi connectivity index (χ1v) is 9.95. The lowest BCUT2D eigenvalue weighted by atomic mass is 10.0. The van der Waals surface area contributed by atoms with Gasteiger partial charge in [-0.2, -0.15) is 0 Å². The van der Waals surface area contributed by atoms with E-state index in [-0.39, 0.29) is 11.7 Å². The van der Waals surface area contributed by atoms with E-state index in [9.17, 15) is 4.79 Å². The van der Waals surface area contributed by atoms with Crippen molar-refractivity contribution in [2.75, 3.05) is 0 Å². The molecule has 0 radical (unpaired) electrons. The fourth-order valence-electron chi connectivity index (χ4n) is 3.44. The van der Waals surface area contributed by atoms with Crippen molar-refractivity contribution in [2.45, 2.75) is 26.4 Å². The predicted molar refractivity (Wildman–Crippen MR) is 110 cm³/mol. The lowest BCUT2D eigenvalue weighted by Crippen LogP contribution is -2.83. The Bertz CT molecular complexity index is 1110. The highest BCUT2D eigenvalue weighted by atomic mass is 32.1. The third kappa shape index (κ3) is 3.72. The van der Waals surface area contributed by atoms with E-state index in [1.54, 1.807) is 17.4 Å². The molecule has 4 heteroatoms. The van der Waals surface area contributed by atoms with Gasteiger partial charge in [-0.15, -0.1) is 11.3 Å². The summed E-state index contributed by atoms with van der Waals surface area (Å²) in [7, 11) is 0. The molecule has 0 spiro atoms. The van der Waals surface area contributed by atoms with Crippen molar-refractivity contribution in [3.63, 3.8) is 0 Å². The standard InChI is InChI=1S/C23H21NO2S/c1-15-11-19-18(13-22(25)26-20(19)12-16(15)2)14-24-23(21-9-6-10-27-21)17-7-4-3-5-8-17/h3-13,23-24H,14H2,1-2H3/p+1/t23-/m0/s1. The van der Waals surface area contributed by atoms with E-state index in [1.165, 1.54) is 16.0 Å². The van der Waals surface area contributed by atoms with Crippen LogP contribution in [-0.4, -0.2) is 0 Å². The average molecular weight is 377 g/mol. The highest BCUT2D eigenvalue weighted by molar-refractivity contribution is 7.10. The van der Waals surface area contributed by atoms with Crippen molar-refractivity contribution in [1.29, 1.82) is 0 Å². The molecule has 0 aliphatic heterocycles. The van der Waals surface area contributed by atoms with Crippen LogP contribution in [0, 0.1) is 13.8 Å². The molecule has 0 fully saturated rings. The first kappa shape index (κ1) is 17.7. The molecule has 1 atom stereocenters. The van der Waals surface area contributed by atoms with Gasteiger partial charge >= 0.3 is 5.63 Å². The Morgan fingerprint density at radius 2 is 1.78 bits per heavy atom. The molecule has 2 N–H and O–H groups in total. The van der Waals surface area contributed by atoms with Crippen LogP contribution in [0.25, 0.3) is 11.0 Å². The highest BCUT2D eigenvalue weighted by Gasteiger charge is 2.19. The lowest BCUT2D eigenvalue weighted by molar-refractivity contribution is -0.701. The predicted octanol–water partition coefficient (Wildman–Crippen LogP) is 4.32. The van der Waals surface area contributed by atoms with E-state index in [2.05, 4.69) is 60.1 Å². The minimum Gasteiger partial charge on any atom is -0.423 e. The molecule has 27 heavy (non-hydrogen) atoms. The molecule has 2 heterocycles. The Morgan fingerprint density at radius 1 is 1.00 bits per heavy atom. The summed E-state index contributed by atoms with van der Waals surface area (Å²) < 4.78 is 5.43. The number of aryl methyl sites for hydroxylation is 2. The van der Waals surface area contributed by atoms with Crippen LogP contribution < -0.4 is 10.9 Å². The summed E-state index contributed by atoms with van der Waals surface area (Å²) >= 11 is 1.76. The van der Waals surface area contributed by atoms with Gasteiger partial charge in [-0.05, 0) is 48.6 Å². The number of fused-ring (bicyclic) bond motifs is 1. The smallest absolute Gasteiger partial charge is 0.336 e. The molecule has 0 bridgehead atoms. The van der Waals surface area contributed by atoms with Gasteiger partial charge in [0.2, 0.25) is 0 Å². The zero-order valence-corrected chi connectivity index (χ0v) is 16.3. The molecule has 2 aromatic carbocycles. The van der Waals surface area contributed by atoms with E-state index >= 15 is 0 Å². The average Bonchev–Trinajstić information content (AvgIpc) is 3.19. The summed E-state index contributed by atoms with van der Waals surface area (Å²) in [5.74, 6) is 0. The lowest BCUT2D eigenvalue weighted by Gasteiger charge is -2.15. The molecule has 4 rings (SSSR count).